The first kappa shape index (κ1) is 17.0. The lowest BCUT2D eigenvalue weighted by Gasteiger charge is -2.48. The average Bonchev–Trinajstić information content (AvgIpc) is 2.54. The second-order valence-corrected chi connectivity index (χ2v) is 7.06. The van der Waals surface area contributed by atoms with E-state index in [0.717, 1.165) is 25.1 Å². The first-order valence-electron chi connectivity index (χ1n) is 8.67. The molecule has 5 nitrogen and oxygen atoms in total. The SMILES string of the molecule is CC(C)NC(=O)N1CCOC2(CCCN(c3cccc(F)c3)C2)C1. The minimum atomic E-state index is -0.364. The van der Waals surface area contributed by atoms with Crippen molar-refractivity contribution in [3.63, 3.8) is 0 Å². The number of hydrogen-bond acceptors (Lipinski definition) is 3. The van der Waals surface area contributed by atoms with Crippen molar-refractivity contribution in [1.82, 2.24) is 10.2 Å². The molecular weight excluding hydrogens is 309 g/mol. The third-order valence-corrected chi connectivity index (χ3v) is 4.66. The lowest BCUT2D eigenvalue weighted by Crippen LogP contribution is -2.62. The van der Waals surface area contributed by atoms with E-state index in [-0.39, 0.29) is 23.5 Å². The molecule has 6 heteroatoms. The van der Waals surface area contributed by atoms with Crippen molar-refractivity contribution in [1.29, 1.82) is 0 Å². The summed E-state index contributed by atoms with van der Waals surface area (Å²) < 4.78 is 19.6. The van der Waals surface area contributed by atoms with Gasteiger partial charge in [0.1, 0.15) is 11.4 Å². The van der Waals surface area contributed by atoms with Crippen molar-refractivity contribution in [2.45, 2.75) is 38.3 Å². The lowest BCUT2D eigenvalue weighted by molar-refractivity contribution is -0.103. The minimum Gasteiger partial charge on any atom is -0.369 e. The first-order valence-corrected chi connectivity index (χ1v) is 8.67. The number of hydrogen-bond donors (Lipinski definition) is 1. The van der Waals surface area contributed by atoms with Crippen LogP contribution in [0.2, 0.25) is 0 Å². The molecule has 2 aliphatic heterocycles. The van der Waals surface area contributed by atoms with Gasteiger partial charge in [-0.25, -0.2) is 9.18 Å². The molecule has 0 bridgehead atoms. The topological polar surface area (TPSA) is 44.8 Å². The van der Waals surface area contributed by atoms with Crippen LogP contribution in [0.4, 0.5) is 14.9 Å². The van der Waals surface area contributed by atoms with Gasteiger partial charge < -0.3 is 19.9 Å². The molecule has 2 amide bonds. The normalized spacial score (nSPS) is 24.5. The van der Waals surface area contributed by atoms with Crippen molar-refractivity contribution in [3.8, 4) is 0 Å². The van der Waals surface area contributed by atoms with Gasteiger partial charge in [-0.2, -0.15) is 0 Å². The Balaban J connectivity index is 1.71. The molecule has 0 aliphatic carbocycles. The quantitative estimate of drug-likeness (QED) is 0.904. The van der Waals surface area contributed by atoms with Crippen LogP contribution in [-0.4, -0.2) is 55.4 Å². The molecule has 0 saturated carbocycles. The van der Waals surface area contributed by atoms with Gasteiger partial charge >= 0.3 is 6.03 Å². The molecule has 1 unspecified atom stereocenters. The summed E-state index contributed by atoms with van der Waals surface area (Å²) in [6, 6.07) is 6.76. The van der Waals surface area contributed by atoms with Gasteiger partial charge in [-0.15, -0.1) is 0 Å². The predicted octanol–water partition coefficient (Wildman–Crippen LogP) is 2.61. The monoisotopic (exact) mass is 335 g/mol. The van der Waals surface area contributed by atoms with Crippen LogP contribution in [0.25, 0.3) is 0 Å². The third-order valence-electron chi connectivity index (χ3n) is 4.66. The van der Waals surface area contributed by atoms with Crippen molar-refractivity contribution in [3.05, 3.63) is 30.1 Å². The Morgan fingerprint density at radius 2 is 2.17 bits per heavy atom. The molecule has 132 valence electrons. The van der Waals surface area contributed by atoms with E-state index in [9.17, 15) is 9.18 Å². The zero-order chi connectivity index (χ0) is 17.2. The fourth-order valence-electron chi connectivity index (χ4n) is 3.59. The Bertz CT molecular complexity index is 591. The number of carbonyl (C=O) groups excluding carboxylic acids is 1. The molecule has 2 aliphatic rings. The number of rotatable bonds is 2. The Morgan fingerprint density at radius 1 is 1.33 bits per heavy atom. The van der Waals surface area contributed by atoms with Crippen LogP contribution in [0.1, 0.15) is 26.7 Å². The summed E-state index contributed by atoms with van der Waals surface area (Å²) in [6.07, 6.45) is 1.89. The second kappa shape index (κ2) is 6.97. The first-order chi connectivity index (χ1) is 11.5. The number of ether oxygens (including phenoxy) is 1. The smallest absolute Gasteiger partial charge is 0.317 e. The molecule has 3 rings (SSSR count). The molecular formula is C18H26FN3O2. The fraction of sp³-hybridized carbons (Fsp3) is 0.611. The van der Waals surface area contributed by atoms with Gasteiger partial charge in [0.2, 0.25) is 0 Å². The molecule has 2 heterocycles. The summed E-state index contributed by atoms with van der Waals surface area (Å²) in [5, 5.41) is 2.95. The van der Waals surface area contributed by atoms with Crippen molar-refractivity contribution < 1.29 is 13.9 Å². The molecule has 1 aromatic carbocycles. The molecule has 2 saturated heterocycles. The van der Waals surface area contributed by atoms with E-state index in [1.54, 1.807) is 12.1 Å². The van der Waals surface area contributed by atoms with E-state index >= 15 is 0 Å². The molecule has 0 aromatic heterocycles. The van der Waals surface area contributed by atoms with Gasteiger partial charge in [-0.1, -0.05) is 6.07 Å². The van der Waals surface area contributed by atoms with Gasteiger partial charge in [-0.05, 0) is 44.9 Å². The van der Waals surface area contributed by atoms with Crippen molar-refractivity contribution in [2.24, 2.45) is 0 Å². The zero-order valence-corrected chi connectivity index (χ0v) is 14.4. The molecule has 1 spiro atoms. The zero-order valence-electron chi connectivity index (χ0n) is 14.4. The molecule has 2 fully saturated rings. The predicted molar refractivity (Wildman–Crippen MR) is 91.8 cm³/mol. The number of urea groups is 1. The summed E-state index contributed by atoms with van der Waals surface area (Å²) in [6.45, 7) is 7.22. The van der Waals surface area contributed by atoms with E-state index in [1.165, 1.54) is 6.07 Å². The number of nitrogens with zero attached hydrogens (tertiary/aromatic N) is 2. The van der Waals surface area contributed by atoms with Crippen molar-refractivity contribution >= 4 is 11.7 Å². The number of morpholine rings is 1. The Kier molecular flexibility index (Phi) is 4.94. The summed E-state index contributed by atoms with van der Waals surface area (Å²) in [4.78, 5) is 16.3. The third kappa shape index (κ3) is 3.80. The van der Waals surface area contributed by atoms with Gasteiger partial charge in [0, 0.05) is 31.4 Å². The molecule has 1 aromatic rings. The summed E-state index contributed by atoms with van der Waals surface area (Å²) >= 11 is 0. The van der Waals surface area contributed by atoms with Crippen LogP contribution in [0, 0.1) is 5.82 Å². The van der Waals surface area contributed by atoms with E-state index in [4.69, 9.17) is 4.74 Å². The van der Waals surface area contributed by atoms with Crippen LogP contribution in [0.15, 0.2) is 24.3 Å². The standard InChI is InChI=1S/C18H26FN3O2/c1-14(2)20-17(23)22-9-10-24-18(13-22)7-4-8-21(12-18)16-6-3-5-15(19)11-16/h3,5-6,11,14H,4,7-10,12-13H2,1-2H3,(H,20,23). The van der Waals surface area contributed by atoms with E-state index in [0.29, 0.717) is 26.2 Å². The number of benzene rings is 1. The highest BCUT2D eigenvalue weighted by atomic mass is 19.1. The summed E-state index contributed by atoms with van der Waals surface area (Å²) in [5.74, 6) is -0.227. The highest BCUT2D eigenvalue weighted by Gasteiger charge is 2.42. The largest absolute Gasteiger partial charge is 0.369 e. The average molecular weight is 335 g/mol. The van der Waals surface area contributed by atoms with E-state index < -0.39 is 0 Å². The maximum atomic E-state index is 13.5. The maximum Gasteiger partial charge on any atom is 0.317 e. The highest BCUT2D eigenvalue weighted by Crippen LogP contribution is 2.31. The summed E-state index contributed by atoms with van der Waals surface area (Å²) in [7, 11) is 0. The number of carbonyl (C=O) groups is 1. The second-order valence-electron chi connectivity index (χ2n) is 7.06. The van der Waals surface area contributed by atoms with Gasteiger partial charge in [0.15, 0.2) is 0 Å². The number of nitrogens with one attached hydrogen (secondary N) is 1. The maximum absolute atomic E-state index is 13.5. The number of halogens is 1. The molecule has 1 N–H and O–H groups in total. The van der Waals surface area contributed by atoms with Crippen LogP contribution in [0.3, 0.4) is 0 Å². The number of amides is 2. The van der Waals surface area contributed by atoms with E-state index in [1.807, 2.05) is 24.8 Å². The Morgan fingerprint density at radius 3 is 2.92 bits per heavy atom. The highest BCUT2D eigenvalue weighted by molar-refractivity contribution is 5.74. The van der Waals surface area contributed by atoms with Crippen LogP contribution in [0.5, 0.6) is 0 Å². The number of anilines is 1. The Hall–Kier alpha value is -1.82. The lowest BCUT2D eigenvalue weighted by atomic mass is 9.90. The van der Waals surface area contributed by atoms with Crippen LogP contribution >= 0.6 is 0 Å². The van der Waals surface area contributed by atoms with Crippen LogP contribution < -0.4 is 10.2 Å². The summed E-state index contributed by atoms with van der Waals surface area (Å²) in [5.41, 5.74) is 0.512. The van der Waals surface area contributed by atoms with Gasteiger partial charge in [0.05, 0.1) is 13.2 Å². The molecule has 24 heavy (non-hydrogen) atoms. The Labute approximate surface area is 142 Å². The van der Waals surface area contributed by atoms with Gasteiger partial charge in [0.25, 0.3) is 0 Å². The fourth-order valence-corrected chi connectivity index (χ4v) is 3.59. The minimum absolute atomic E-state index is 0.0319. The number of piperidine rings is 1. The van der Waals surface area contributed by atoms with Crippen LogP contribution in [-0.2, 0) is 4.74 Å². The van der Waals surface area contributed by atoms with E-state index in [2.05, 4.69) is 10.2 Å². The molecule has 0 radical (unpaired) electrons. The van der Waals surface area contributed by atoms with Crippen molar-refractivity contribution in [2.75, 3.05) is 37.7 Å². The molecule has 1 atom stereocenters. The van der Waals surface area contributed by atoms with Gasteiger partial charge in [-0.3, -0.25) is 0 Å².